The zero-order chi connectivity index (χ0) is 38.1. The highest BCUT2D eigenvalue weighted by molar-refractivity contribution is 7.47. The third-order valence-corrected chi connectivity index (χ3v) is 9.43. The van der Waals surface area contributed by atoms with Crippen LogP contribution in [-0.2, 0) is 27.9 Å². The van der Waals surface area contributed by atoms with Gasteiger partial charge in [0.25, 0.3) is 0 Å². The zero-order valence-electron chi connectivity index (χ0n) is 33.3. The largest absolute Gasteiger partial charge is 0.472 e. The van der Waals surface area contributed by atoms with Gasteiger partial charge in [-0.2, -0.15) is 0 Å². The summed E-state index contributed by atoms with van der Waals surface area (Å²) in [5.74, 6) is -0.339. The van der Waals surface area contributed by atoms with Gasteiger partial charge in [0.15, 0.2) is 0 Å². The van der Waals surface area contributed by atoms with Gasteiger partial charge in [0.2, 0.25) is 0 Å². The standard InChI is InChI=1S/C43H78NO7P/c1-3-5-7-9-11-13-15-16-17-18-19-20-21-22-23-24-25-27-29-31-33-35-38-48-40-42(41-50-52(46,47)49-39-37-44)51-43(45)36-34-32-30-28-26-14-12-10-8-6-4-2/h5,7,11,13,16-17,19-20,22-23,42H,3-4,6,8-10,12,14-15,18,21,24-41,44H2,1-2H3,(H,46,47)/b7-5-,13-11-,17-16-,20-19-,23-22-. The van der Waals surface area contributed by atoms with Crippen molar-refractivity contribution in [2.75, 3.05) is 33.0 Å². The maximum absolute atomic E-state index is 12.5. The van der Waals surface area contributed by atoms with Crippen LogP contribution in [0.3, 0.4) is 0 Å². The van der Waals surface area contributed by atoms with Crippen molar-refractivity contribution in [3.05, 3.63) is 60.8 Å². The number of unbranched alkanes of at least 4 members (excludes halogenated alkanes) is 16. The minimum atomic E-state index is -4.28. The molecule has 0 amide bonds. The molecule has 0 fully saturated rings. The molecule has 0 heterocycles. The third-order valence-electron chi connectivity index (χ3n) is 8.45. The lowest BCUT2D eigenvalue weighted by molar-refractivity contribution is -0.154. The number of hydrogen-bond acceptors (Lipinski definition) is 7. The molecule has 0 rings (SSSR count). The number of nitrogens with two attached hydrogens (primary N) is 1. The van der Waals surface area contributed by atoms with E-state index in [0.717, 1.165) is 77.0 Å². The van der Waals surface area contributed by atoms with Gasteiger partial charge in [0, 0.05) is 19.6 Å². The Bertz CT molecular complexity index is 979. The first-order valence-corrected chi connectivity index (χ1v) is 22.3. The van der Waals surface area contributed by atoms with Gasteiger partial charge in [0.05, 0.1) is 19.8 Å². The summed E-state index contributed by atoms with van der Waals surface area (Å²) in [5.41, 5.74) is 5.36. The van der Waals surface area contributed by atoms with Crippen LogP contribution in [0.15, 0.2) is 60.8 Å². The minimum absolute atomic E-state index is 0.0959. The van der Waals surface area contributed by atoms with Gasteiger partial charge < -0.3 is 20.1 Å². The van der Waals surface area contributed by atoms with Crippen LogP contribution < -0.4 is 5.73 Å². The zero-order valence-corrected chi connectivity index (χ0v) is 34.2. The van der Waals surface area contributed by atoms with Gasteiger partial charge in [-0.3, -0.25) is 13.8 Å². The SMILES string of the molecule is CC/C=C\C/C=C\C/C=C\C/C=C\C/C=C\CCCCCCCCOCC(COP(=O)(O)OCCN)OC(=O)CCCCCCCCCCCCC. The molecule has 2 unspecified atom stereocenters. The van der Waals surface area contributed by atoms with Crippen molar-refractivity contribution >= 4 is 13.8 Å². The molecule has 2 atom stereocenters. The van der Waals surface area contributed by atoms with E-state index in [0.29, 0.717) is 13.0 Å². The summed E-state index contributed by atoms with van der Waals surface area (Å²) in [6.07, 6.45) is 48.1. The van der Waals surface area contributed by atoms with Crippen molar-refractivity contribution in [2.45, 2.75) is 174 Å². The predicted octanol–water partition coefficient (Wildman–Crippen LogP) is 12.2. The first-order valence-electron chi connectivity index (χ1n) is 20.8. The molecule has 0 aliphatic rings. The number of allylic oxidation sites excluding steroid dienone is 10. The van der Waals surface area contributed by atoms with Crippen LogP contribution in [0.5, 0.6) is 0 Å². The predicted molar refractivity (Wildman–Crippen MR) is 219 cm³/mol. The smallest absolute Gasteiger partial charge is 0.457 e. The first-order chi connectivity index (χ1) is 25.4. The molecule has 0 aliphatic heterocycles. The molecule has 0 radical (unpaired) electrons. The Balaban J connectivity index is 4.05. The van der Waals surface area contributed by atoms with Crippen molar-refractivity contribution in [1.82, 2.24) is 0 Å². The van der Waals surface area contributed by atoms with Gasteiger partial charge in [-0.15, -0.1) is 0 Å². The monoisotopic (exact) mass is 752 g/mol. The number of ether oxygens (including phenoxy) is 2. The van der Waals surface area contributed by atoms with Crippen molar-refractivity contribution < 1.29 is 32.8 Å². The van der Waals surface area contributed by atoms with Gasteiger partial charge in [0.1, 0.15) is 6.10 Å². The highest BCUT2D eigenvalue weighted by Crippen LogP contribution is 2.43. The van der Waals surface area contributed by atoms with E-state index in [-0.39, 0.29) is 32.3 Å². The molecule has 3 N–H and O–H groups in total. The molecule has 9 heteroatoms. The van der Waals surface area contributed by atoms with Crippen LogP contribution in [0, 0.1) is 0 Å². The molecular formula is C43H78NO7P. The molecule has 0 saturated carbocycles. The molecule has 8 nitrogen and oxygen atoms in total. The van der Waals surface area contributed by atoms with Crippen LogP contribution >= 0.6 is 7.82 Å². The fourth-order valence-electron chi connectivity index (χ4n) is 5.43. The Morgan fingerprint density at radius 2 is 1.08 bits per heavy atom. The first kappa shape index (κ1) is 50.2. The van der Waals surface area contributed by atoms with E-state index >= 15 is 0 Å². The second-order valence-electron chi connectivity index (χ2n) is 13.5. The number of carbonyl (C=O) groups is 1. The molecule has 0 aromatic rings. The van der Waals surface area contributed by atoms with Crippen molar-refractivity contribution in [3.8, 4) is 0 Å². The molecule has 0 saturated heterocycles. The second-order valence-corrected chi connectivity index (χ2v) is 14.9. The fourth-order valence-corrected chi connectivity index (χ4v) is 6.20. The van der Waals surface area contributed by atoms with Gasteiger partial charge in [-0.1, -0.05) is 164 Å². The Hall–Kier alpha value is -1.80. The van der Waals surface area contributed by atoms with E-state index in [9.17, 15) is 14.3 Å². The number of carbonyl (C=O) groups excluding carboxylic acids is 1. The average molecular weight is 752 g/mol. The van der Waals surface area contributed by atoms with E-state index in [1.54, 1.807) is 0 Å². The van der Waals surface area contributed by atoms with Crippen LogP contribution in [0.25, 0.3) is 0 Å². The number of rotatable bonds is 39. The van der Waals surface area contributed by atoms with Crippen LogP contribution in [0.2, 0.25) is 0 Å². The maximum atomic E-state index is 12.5. The van der Waals surface area contributed by atoms with Gasteiger partial charge >= 0.3 is 13.8 Å². The summed E-state index contributed by atoms with van der Waals surface area (Å²) in [4.78, 5) is 22.4. The van der Waals surface area contributed by atoms with E-state index < -0.39 is 13.9 Å². The lowest BCUT2D eigenvalue weighted by atomic mass is 10.1. The van der Waals surface area contributed by atoms with E-state index in [2.05, 4.69) is 74.6 Å². The second kappa shape index (κ2) is 40.4. The van der Waals surface area contributed by atoms with Crippen LogP contribution in [0.4, 0.5) is 0 Å². The van der Waals surface area contributed by atoms with Crippen LogP contribution in [0.1, 0.15) is 168 Å². The van der Waals surface area contributed by atoms with Crippen molar-refractivity contribution in [3.63, 3.8) is 0 Å². The topological polar surface area (TPSA) is 117 Å². The van der Waals surface area contributed by atoms with Crippen molar-refractivity contribution in [1.29, 1.82) is 0 Å². The molecule has 0 aromatic heterocycles. The van der Waals surface area contributed by atoms with Gasteiger partial charge in [-0.05, 0) is 57.8 Å². The molecule has 0 bridgehead atoms. The highest BCUT2D eigenvalue weighted by Gasteiger charge is 2.25. The Morgan fingerprint density at radius 1 is 0.596 bits per heavy atom. The lowest BCUT2D eigenvalue weighted by Gasteiger charge is -2.20. The summed E-state index contributed by atoms with van der Waals surface area (Å²) < 4.78 is 33.3. The number of esters is 1. The summed E-state index contributed by atoms with van der Waals surface area (Å²) in [5, 5.41) is 0. The average Bonchev–Trinajstić information content (AvgIpc) is 3.13. The number of phosphoric acid groups is 1. The highest BCUT2D eigenvalue weighted by atomic mass is 31.2. The summed E-state index contributed by atoms with van der Waals surface area (Å²) in [7, 11) is -4.28. The molecule has 0 spiro atoms. The maximum Gasteiger partial charge on any atom is 0.472 e. The molecule has 302 valence electrons. The minimum Gasteiger partial charge on any atom is -0.457 e. The summed E-state index contributed by atoms with van der Waals surface area (Å²) in [6.45, 7) is 4.75. The van der Waals surface area contributed by atoms with Gasteiger partial charge in [-0.25, -0.2) is 4.57 Å². The van der Waals surface area contributed by atoms with E-state index in [1.165, 1.54) is 70.6 Å². The quantitative estimate of drug-likeness (QED) is 0.0276. The van der Waals surface area contributed by atoms with E-state index in [4.69, 9.17) is 24.3 Å². The summed E-state index contributed by atoms with van der Waals surface area (Å²) >= 11 is 0. The van der Waals surface area contributed by atoms with E-state index in [1.807, 2.05) is 0 Å². The Labute approximate surface area is 319 Å². The molecular weight excluding hydrogens is 673 g/mol. The molecule has 0 aromatic carbocycles. The normalized spacial score (nSPS) is 14.2. The Morgan fingerprint density at radius 3 is 1.62 bits per heavy atom. The molecule has 52 heavy (non-hydrogen) atoms. The van der Waals surface area contributed by atoms with Crippen LogP contribution in [-0.4, -0.2) is 49.9 Å². The van der Waals surface area contributed by atoms with Crippen molar-refractivity contribution in [2.24, 2.45) is 5.73 Å². The fraction of sp³-hybridized carbons (Fsp3) is 0.744. The number of hydrogen-bond donors (Lipinski definition) is 2. The third kappa shape index (κ3) is 39.4. The summed E-state index contributed by atoms with van der Waals surface area (Å²) in [6, 6.07) is 0. The Kier molecular flexibility index (Phi) is 39.0. The molecule has 0 aliphatic carbocycles. The lowest BCUT2D eigenvalue weighted by Crippen LogP contribution is -2.28. The number of phosphoric ester groups is 1.